The Morgan fingerprint density at radius 3 is 2.82 bits per heavy atom. The van der Waals surface area contributed by atoms with E-state index in [1.807, 2.05) is 0 Å². The van der Waals surface area contributed by atoms with Crippen LogP contribution in [0.5, 0.6) is 5.75 Å². The van der Waals surface area contributed by atoms with Crippen LogP contribution in [0.15, 0.2) is 39.9 Å². The number of sulfonamides is 1. The van der Waals surface area contributed by atoms with Crippen molar-refractivity contribution in [3.63, 3.8) is 0 Å². The summed E-state index contributed by atoms with van der Waals surface area (Å²) in [5.74, 6) is 0.438. The highest BCUT2D eigenvalue weighted by Gasteiger charge is 2.16. The third-order valence-corrected chi connectivity index (χ3v) is 4.78. The minimum absolute atomic E-state index is 0.261. The van der Waals surface area contributed by atoms with Gasteiger partial charge in [-0.05, 0) is 17.5 Å². The summed E-state index contributed by atoms with van der Waals surface area (Å²) in [5, 5.41) is 1.71. The fourth-order valence-corrected chi connectivity index (χ4v) is 3.31. The molecule has 0 spiro atoms. The third-order valence-electron chi connectivity index (χ3n) is 2.03. The SMILES string of the molecule is COc1ccc[c]c1NS(=O)(=O)c1cccs1. The summed E-state index contributed by atoms with van der Waals surface area (Å²) in [6.07, 6.45) is 0. The predicted octanol–water partition coefficient (Wildman–Crippen LogP) is 2.36. The van der Waals surface area contributed by atoms with E-state index in [9.17, 15) is 8.42 Å². The van der Waals surface area contributed by atoms with Gasteiger partial charge in [-0.1, -0.05) is 18.2 Å². The molecule has 0 aliphatic rings. The third kappa shape index (κ3) is 2.59. The number of methoxy groups -OCH3 is 1. The molecule has 0 aliphatic heterocycles. The van der Waals surface area contributed by atoms with Crippen LogP contribution in [-0.4, -0.2) is 15.5 Å². The van der Waals surface area contributed by atoms with Crippen LogP contribution < -0.4 is 9.46 Å². The van der Waals surface area contributed by atoms with Crippen molar-refractivity contribution in [3.8, 4) is 5.75 Å². The lowest BCUT2D eigenvalue weighted by Crippen LogP contribution is -2.12. The molecule has 0 bridgehead atoms. The number of nitrogens with one attached hydrogen (secondary N) is 1. The minimum atomic E-state index is -3.55. The van der Waals surface area contributed by atoms with Crippen molar-refractivity contribution in [1.82, 2.24) is 0 Å². The van der Waals surface area contributed by atoms with Crippen LogP contribution in [0.2, 0.25) is 0 Å². The first kappa shape index (κ1) is 11.9. The number of para-hydroxylation sites is 1. The monoisotopic (exact) mass is 268 g/mol. The summed E-state index contributed by atoms with van der Waals surface area (Å²) in [6.45, 7) is 0. The largest absolute Gasteiger partial charge is 0.495 e. The molecule has 17 heavy (non-hydrogen) atoms. The summed E-state index contributed by atoms with van der Waals surface area (Å²) in [7, 11) is -2.07. The molecule has 0 saturated carbocycles. The molecule has 6 heteroatoms. The van der Waals surface area contributed by atoms with Crippen LogP contribution in [0.4, 0.5) is 5.69 Å². The molecule has 0 aliphatic carbocycles. The Hall–Kier alpha value is -1.53. The molecule has 2 rings (SSSR count). The number of benzene rings is 1. The van der Waals surface area contributed by atoms with Gasteiger partial charge in [-0.15, -0.1) is 11.3 Å². The van der Waals surface area contributed by atoms with Gasteiger partial charge in [-0.25, -0.2) is 8.42 Å². The first-order valence-corrected chi connectivity index (χ1v) is 7.11. The molecule has 0 saturated heterocycles. The molecule has 4 nitrogen and oxygen atoms in total. The van der Waals surface area contributed by atoms with E-state index in [0.717, 1.165) is 11.3 Å². The van der Waals surface area contributed by atoms with Crippen molar-refractivity contribution in [1.29, 1.82) is 0 Å². The van der Waals surface area contributed by atoms with Crippen LogP contribution in [-0.2, 0) is 10.0 Å². The number of hydrogen-bond donors (Lipinski definition) is 1. The summed E-state index contributed by atoms with van der Waals surface area (Å²) < 4.78 is 31.7. The van der Waals surface area contributed by atoms with Crippen molar-refractivity contribution in [2.45, 2.75) is 4.21 Å². The Balaban J connectivity index is 2.33. The van der Waals surface area contributed by atoms with Crippen LogP contribution in [0, 0.1) is 6.07 Å². The molecule has 1 heterocycles. The fraction of sp³-hybridized carbons (Fsp3) is 0.0909. The van der Waals surface area contributed by atoms with Crippen molar-refractivity contribution in [3.05, 3.63) is 41.8 Å². The number of thiophene rings is 1. The molecule has 1 aromatic carbocycles. The zero-order chi connectivity index (χ0) is 12.3. The van der Waals surface area contributed by atoms with Gasteiger partial charge >= 0.3 is 0 Å². The highest BCUT2D eigenvalue weighted by molar-refractivity contribution is 7.94. The van der Waals surface area contributed by atoms with Gasteiger partial charge in [0.15, 0.2) is 0 Å². The summed E-state index contributed by atoms with van der Waals surface area (Å²) in [5.41, 5.74) is 0.309. The van der Waals surface area contributed by atoms with Gasteiger partial charge in [0.1, 0.15) is 9.96 Å². The normalized spacial score (nSPS) is 11.1. The molecule has 1 radical (unpaired) electrons. The number of rotatable bonds is 4. The van der Waals surface area contributed by atoms with E-state index in [2.05, 4.69) is 10.8 Å². The van der Waals surface area contributed by atoms with Crippen LogP contribution in [0.25, 0.3) is 0 Å². The average Bonchev–Trinajstić information content (AvgIpc) is 2.83. The van der Waals surface area contributed by atoms with E-state index in [4.69, 9.17) is 4.74 Å². The maximum atomic E-state index is 12.0. The van der Waals surface area contributed by atoms with Crippen LogP contribution in [0.1, 0.15) is 0 Å². The Morgan fingerprint density at radius 2 is 2.18 bits per heavy atom. The molecule has 0 unspecified atom stereocenters. The van der Waals surface area contributed by atoms with E-state index < -0.39 is 10.0 Å². The topological polar surface area (TPSA) is 55.4 Å². The zero-order valence-corrected chi connectivity index (χ0v) is 10.6. The van der Waals surface area contributed by atoms with Gasteiger partial charge in [0.25, 0.3) is 10.0 Å². The summed E-state index contributed by atoms with van der Waals surface area (Å²) >= 11 is 1.16. The average molecular weight is 268 g/mol. The van der Waals surface area contributed by atoms with Crippen molar-refractivity contribution < 1.29 is 13.2 Å². The van der Waals surface area contributed by atoms with E-state index in [-0.39, 0.29) is 4.21 Å². The number of anilines is 1. The van der Waals surface area contributed by atoms with Crippen molar-refractivity contribution in [2.75, 3.05) is 11.8 Å². The van der Waals surface area contributed by atoms with E-state index in [1.165, 1.54) is 7.11 Å². The Morgan fingerprint density at radius 1 is 1.35 bits per heavy atom. The summed E-state index contributed by atoms with van der Waals surface area (Å²) in [4.78, 5) is 0. The second kappa shape index (κ2) is 4.77. The summed E-state index contributed by atoms with van der Waals surface area (Å²) in [6, 6.07) is 11.0. The highest BCUT2D eigenvalue weighted by Crippen LogP contribution is 2.26. The van der Waals surface area contributed by atoms with Gasteiger partial charge in [-0.3, -0.25) is 4.72 Å². The molecule has 0 amide bonds. The van der Waals surface area contributed by atoms with Gasteiger partial charge in [0.2, 0.25) is 0 Å². The zero-order valence-electron chi connectivity index (χ0n) is 9.01. The lowest BCUT2D eigenvalue weighted by atomic mass is 10.3. The maximum absolute atomic E-state index is 12.0. The lowest BCUT2D eigenvalue weighted by molar-refractivity contribution is 0.417. The Kier molecular flexibility index (Phi) is 3.35. The first-order chi connectivity index (χ1) is 8.13. The van der Waals surface area contributed by atoms with Gasteiger partial charge < -0.3 is 4.74 Å². The quantitative estimate of drug-likeness (QED) is 0.926. The fourth-order valence-electron chi connectivity index (χ4n) is 1.27. The molecule has 89 valence electrons. The standard InChI is InChI=1S/C11H10NO3S2/c1-15-10-6-3-2-5-9(10)12-17(13,14)11-7-4-8-16-11/h2-4,6-8,12H,1H3. The molecule has 1 N–H and O–H groups in total. The minimum Gasteiger partial charge on any atom is -0.495 e. The second-order valence-electron chi connectivity index (χ2n) is 3.15. The van der Waals surface area contributed by atoms with E-state index in [0.29, 0.717) is 11.4 Å². The highest BCUT2D eigenvalue weighted by atomic mass is 32.2. The molecule has 1 aromatic heterocycles. The van der Waals surface area contributed by atoms with Gasteiger partial charge in [0, 0.05) is 6.07 Å². The molecule has 2 aromatic rings. The lowest BCUT2D eigenvalue weighted by Gasteiger charge is -2.09. The second-order valence-corrected chi connectivity index (χ2v) is 6.01. The Bertz CT molecular complexity index is 591. The van der Waals surface area contributed by atoms with E-state index >= 15 is 0 Å². The van der Waals surface area contributed by atoms with Gasteiger partial charge in [0.05, 0.1) is 12.8 Å². The maximum Gasteiger partial charge on any atom is 0.271 e. The molecular weight excluding hydrogens is 258 g/mol. The Labute approximate surface area is 104 Å². The van der Waals surface area contributed by atoms with Crippen molar-refractivity contribution in [2.24, 2.45) is 0 Å². The molecule has 0 fully saturated rings. The predicted molar refractivity (Wildman–Crippen MR) is 67.0 cm³/mol. The number of hydrogen-bond acceptors (Lipinski definition) is 4. The molecular formula is C11H10NO3S2. The first-order valence-electron chi connectivity index (χ1n) is 4.74. The number of ether oxygens (including phenoxy) is 1. The van der Waals surface area contributed by atoms with Crippen LogP contribution in [0.3, 0.4) is 0 Å². The van der Waals surface area contributed by atoms with Crippen molar-refractivity contribution >= 4 is 27.0 Å². The van der Waals surface area contributed by atoms with Crippen LogP contribution >= 0.6 is 11.3 Å². The molecule has 0 atom stereocenters. The smallest absolute Gasteiger partial charge is 0.271 e. The van der Waals surface area contributed by atoms with E-state index in [1.54, 1.807) is 35.7 Å². The van der Waals surface area contributed by atoms with Gasteiger partial charge in [-0.2, -0.15) is 0 Å².